The summed E-state index contributed by atoms with van der Waals surface area (Å²) in [5, 5.41) is 33.4. The summed E-state index contributed by atoms with van der Waals surface area (Å²) in [6, 6.07) is 18.3. The van der Waals surface area contributed by atoms with Crippen LogP contribution < -0.4 is 5.32 Å². The molecule has 0 spiro atoms. The Bertz CT molecular complexity index is 1050. The fourth-order valence-electron chi connectivity index (χ4n) is 4.75. The molecule has 0 aliphatic carbocycles. The first-order chi connectivity index (χ1) is 15.4. The maximum atomic E-state index is 12.8. The Labute approximate surface area is 192 Å². The number of rotatable bonds is 8. The second-order valence-corrected chi connectivity index (χ2v) is 8.59. The van der Waals surface area contributed by atoms with E-state index in [0.29, 0.717) is 17.0 Å². The molecule has 0 saturated carbocycles. The third-order valence-electron chi connectivity index (χ3n) is 6.23. The molecule has 1 heterocycles. The van der Waals surface area contributed by atoms with Crippen molar-refractivity contribution in [3.05, 3.63) is 82.9 Å². The van der Waals surface area contributed by atoms with Gasteiger partial charge in [0.15, 0.2) is 0 Å². The molecule has 7 heteroatoms. The summed E-state index contributed by atoms with van der Waals surface area (Å²) in [5.41, 5.74) is -1.48. The van der Waals surface area contributed by atoms with E-state index in [1.807, 2.05) is 36.4 Å². The Morgan fingerprint density at radius 2 is 1.88 bits per heavy atom. The summed E-state index contributed by atoms with van der Waals surface area (Å²) in [6.07, 6.45) is 3.92. The van der Waals surface area contributed by atoms with Gasteiger partial charge >= 0.3 is 11.9 Å². The number of hydrogen-bond donors (Lipinski definition) is 3. The van der Waals surface area contributed by atoms with E-state index in [1.165, 1.54) is 0 Å². The predicted octanol–water partition coefficient (Wildman–Crippen LogP) is 4.27. The molecule has 3 N–H and O–H groups in total. The lowest BCUT2D eigenvalue weighted by atomic mass is 9.55. The van der Waals surface area contributed by atoms with Crippen LogP contribution in [0.3, 0.4) is 0 Å². The van der Waals surface area contributed by atoms with Crippen molar-refractivity contribution in [3.8, 4) is 6.07 Å². The quantitative estimate of drug-likeness (QED) is 0.516. The van der Waals surface area contributed by atoms with Gasteiger partial charge in [0.1, 0.15) is 5.41 Å². The molecule has 2 aromatic rings. The van der Waals surface area contributed by atoms with E-state index in [9.17, 15) is 25.1 Å². The number of aliphatic carboxylic acids is 2. The molecule has 3 atom stereocenters. The fourth-order valence-corrected chi connectivity index (χ4v) is 4.95. The zero-order valence-corrected chi connectivity index (χ0v) is 18.3. The maximum Gasteiger partial charge on any atom is 0.315 e. The average Bonchev–Trinajstić information content (AvgIpc) is 2.78. The number of nitrogens with one attached hydrogen (secondary N) is 1. The third-order valence-corrected chi connectivity index (χ3v) is 6.46. The molecule has 0 radical (unpaired) electrons. The van der Waals surface area contributed by atoms with E-state index in [0.717, 1.165) is 5.56 Å². The summed E-state index contributed by atoms with van der Waals surface area (Å²) in [4.78, 5) is 25.4. The van der Waals surface area contributed by atoms with E-state index < -0.39 is 28.7 Å². The van der Waals surface area contributed by atoms with Gasteiger partial charge in [0.25, 0.3) is 0 Å². The molecule has 1 saturated heterocycles. The summed E-state index contributed by atoms with van der Waals surface area (Å²) < 4.78 is 0. The molecule has 2 aromatic carbocycles. The molecular formula is C25H25ClN2O4. The Balaban J connectivity index is 2.17. The number of carbonyl (C=O) groups is 2. The van der Waals surface area contributed by atoms with Crippen LogP contribution >= 0.6 is 11.6 Å². The lowest BCUT2D eigenvalue weighted by molar-refractivity contribution is -0.161. The Hall–Kier alpha value is -3.14. The number of benzene rings is 2. The van der Waals surface area contributed by atoms with Crippen LogP contribution in [0.1, 0.15) is 29.9 Å². The van der Waals surface area contributed by atoms with Crippen LogP contribution in [0.2, 0.25) is 5.02 Å². The molecule has 0 bridgehead atoms. The van der Waals surface area contributed by atoms with Crippen molar-refractivity contribution in [2.24, 2.45) is 10.8 Å². The van der Waals surface area contributed by atoms with Crippen LogP contribution in [0, 0.1) is 22.2 Å². The average molecular weight is 453 g/mol. The zero-order chi connectivity index (χ0) is 23.2. The standard InChI is InChI=1S/C25H25ClN2O4/c26-20-11-4-10-19(15-20)21-24(22(29)30,12-5-9-18-7-2-1-3-8-18)16-28-17-25(21,23(31)32)13-6-14-27/h1-5,7-8,10-12,15,21,28H,6,9,13,16-17H2,(H,29,30)(H,31,32). The summed E-state index contributed by atoms with van der Waals surface area (Å²) in [5.74, 6) is -3.18. The summed E-state index contributed by atoms with van der Waals surface area (Å²) in [7, 11) is 0. The molecule has 3 rings (SSSR count). The van der Waals surface area contributed by atoms with Gasteiger partial charge in [-0.2, -0.15) is 5.26 Å². The van der Waals surface area contributed by atoms with Crippen LogP contribution in [0.25, 0.3) is 0 Å². The van der Waals surface area contributed by atoms with Crippen molar-refractivity contribution in [3.63, 3.8) is 0 Å². The van der Waals surface area contributed by atoms with Gasteiger partial charge in [-0.25, -0.2) is 0 Å². The lowest BCUT2D eigenvalue weighted by Crippen LogP contribution is -2.61. The molecule has 1 aliphatic heterocycles. The topological polar surface area (TPSA) is 110 Å². The lowest BCUT2D eigenvalue weighted by Gasteiger charge is -2.50. The minimum absolute atomic E-state index is 0.00548. The molecule has 6 nitrogen and oxygen atoms in total. The number of halogens is 1. The highest BCUT2D eigenvalue weighted by atomic mass is 35.5. The van der Waals surface area contributed by atoms with Crippen LogP contribution in [0.4, 0.5) is 0 Å². The summed E-state index contributed by atoms with van der Waals surface area (Å²) in [6.45, 7) is 0.120. The Morgan fingerprint density at radius 1 is 1.12 bits per heavy atom. The van der Waals surface area contributed by atoms with Gasteiger partial charge in [-0.05, 0) is 36.1 Å². The second-order valence-electron chi connectivity index (χ2n) is 8.15. The number of nitrogens with zero attached hydrogens (tertiary/aromatic N) is 1. The van der Waals surface area contributed by atoms with Crippen LogP contribution in [0.5, 0.6) is 0 Å². The van der Waals surface area contributed by atoms with E-state index >= 15 is 0 Å². The van der Waals surface area contributed by atoms with Gasteiger partial charge in [0, 0.05) is 30.5 Å². The van der Waals surface area contributed by atoms with Crippen molar-refractivity contribution >= 4 is 23.5 Å². The number of piperidine rings is 1. The first-order valence-electron chi connectivity index (χ1n) is 10.4. The van der Waals surface area contributed by atoms with Crippen molar-refractivity contribution in [1.82, 2.24) is 5.32 Å². The monoisotopic (exact) mass is 452 g/mol. The minimum atomic E-state index is -1.54. The smallest absolute Gasteiger partial charge is 0.315 e. The molecule has 0 amide bonds. The molecular weight excluding hydrogens is 428 g/mol. The Morgan fingerprint density at radius 3 is 2.50 bits per heavy atom. The second kappa shape index (κ2) is 9.99. The van der Waals surface area contributed by atoms with Gasteiger partial charge < -0.3 is 15.5 Å². The van der Waals surface area contributed by atoms with Crippen LogP contribution in [-0.4, -0.2) is 35.2 Å². The van der Waals surface area contributed by atoms with Gasteiger partial charge in [0.2, 0.25) is 0 Å². The largest absolute Gasteiger partial charge is 0.481 e. The van der Waals surface area contributed by atoms with E-state index in [2.05, 4.69) is 5.32 Å². The number of nitriles is 1. The highest BCUT2D eigenvalue weighted by Gasteiger charge is 2.60. The van der Waals surface area contributed by atoms with Crippen molar-refractivity contribution < 1.29 is 19.8 Å². The number of carboxylic acid groups (broad SMARTS) is 2. The molecule has 0 aromatic heterocycles. The number of hydrogen-bond acceptors (Lipinski definition) is 4. The normalized spacial score (nSPS) is 25.3. The van der Waals surface area contributed by atoms with E-state index in [4.69, 9.17) is 11.6 Å². The molecule has 32 heavy (non-hydrogen) atoms. The van der Waals surface area contributed by atoms with Crippen LogP contribution in [-0.2, 0) is 16.0 Å². The van der Waals surface area contributed by atoms with Gasteiger partial charge in [0.05, 0.1) is 11.5 Å². The van der Waals surface area contributed by atoms with Crippen molar-refractivity contribution in [2.75, 3.05) is 13.1 Å². The molecule has 166 valence electrons. The van der Waals surface area contributed by atoms with Gasteiger partial charge in [-0.3, -0.25) is 9.59 Å². The first-order valence-corrected chi connectivity index (χ1v) is 10.7. The van der Waals surface area contributed by atoms with Crippen LogP contribution in [0.15, 0.2) is 66.7 Å². The highest BCUT2D eigenvalue weighted by Crippen LogP contribution is 2.54. The minimum Gasteiger partial charge on any atom is -0.481 e. The summed E-state index contributed by atoms with van der Waals surface area (Å²) >= 11 is 6.22. The third kappa shape index (κ3) is 4.55. The van der Waals surface area contributed by atoms with Crippen molar-refractivity contribution in [1.29, 1.82) is 5.26 Å². The first kappa shape index (κ1) is 23.5. The molecule has 1 aliphatic rings. The molecule has 1 fully saturated rings. The maximum absolute atomic E-state index is 12.8. The van der Waals surface area contributed by atoms with Gasteiger partial charge in [-0.1, -0.05) is 66.2 Å². The number of allylic oxidation sites excluding steroid dienone is 1. The predicted molar refractivity (Wildman–Crippen MR) is 121 cm³/mol. The fraction of sp³-hybridized carbons (Fsp3) is 0.320. The van der Waals surface area contributed by atoms with Gasteiger partial charge in [-0.15, -0.1) is 0 Å². The molecule has 3 unspecified atom stereocenters. The van der Waals surface area contributed by atoms with E-state index in [-0.39, 0.29) is 25.9 Å². The Kier molecular flexibility index (Phi) is 7.34. The highest BCUT2D eigenvalue weighted by molar-refractivity contribution is 6.30. The van der Waals surface area contributed by atoms with E-state index in [1.54, 1.807) is 36.4 Å². The zero-order valence-electron chi connectivity index (χ0n) is 17.5. The number of carboxylic acids is 2. The SMILES string of the molecule is N#CCCC1(C(=O)O)CNCC(C=CCc2ccccc2)(C(=O)O)C1c1cccc(Cl)c1. The van der Waals surface area contributed by atoms with Crippen molar-refractivity contribution in [2.45, 2.75) is 25.2 Å².